The number of hydrogen-bond acceptors (Lipinski definition) is 4. The fourth-order valence-electron chi connectivity index (χ4n) is 1.49. The molecule has 1 radical (unpaired) electrons. The number of aldehydes is 2. The van der Waals surface area contributed by atoms with Crippen molar-refractivity contribution in [2.24, 2.45) is 0 Å². The minimum atomic E-state index is -0.725. The first-order valence-corrected chi connectivity index (χ1v) is 5.78. The molecule has 2 rings (SSSR count). The van der Waals surface area contributed by atoms with Crippen LogP contribution in [-0.2, 0) is 0 Å². The van der Waals surface area contributed by atoms with Crippen LogP contribution in [0.2, 0.25) is 0 Å². The molecule has 0 bridgehead atoms. The highest BCUT2D eigenvalue weighted by Crippen LogP contribution is 2.17. The molecular formula is C14H8BF2O4. The molecule has 0 aliphatic heterocycles. The van der Waals surface area contributed by atoms with Crippen LogP contribution >= 0.6 is 0 Å². The Morgan fingerprint density at radius 1 is 0.810 bits per heavy atom. The molecular weight excluding hydrogens is 281 g/mol. The molecule has 0 saturated heterocycles. The summed E-state index contributed by atoms with van der Waals surface area (Å²) in [5.74, 6) is -1.22. The Labute approximate surface area is 119 Å². The van der Waals surface area contributed by atoms with E-state index in [4.69, 9.17) is 9.31 Å². The highest BCUT2D eigenvalue weighted by molar-refractivity contribution is 6.20. The minimum Gasteiger partial charge on any atom is -0.526 e. The predicted octanol–water partition coefficient (Wildman–Crippen LogP) is 2.58. The molecule has 0 aliphatic rings. The van der Waals surface area contributed by atoms with Crippen LogP contribution in [0.1, 0.15) is 20.7 Å². The van der Waals surface area contributed by atoms with E-state index >= 15 is 0 Å². The molecule has 21 heavy (non-hydrogen) atoms. The van der Waals surface area contributed by atoms with E-state index in [0.717, 1.165) is 19.8 Å². The van der Waals surface area contributed by atoms with Gasteiger partial charge in [0, 0.05) is 12.1 Å². The molecule has 0 aliphatic carbocycles. The van der Waals surface area contributed by atoms with Crippen LogP contribution in [-0.4, -0.2) is 20.3 Å². The van der Waals surface area contributed by atoms with Crippen molar-refractivity contribution in [2.75, 3.05) is 0 Å². The maximum absolute atomic E-state index is 13.3. The van der Waals surface area contributed by atoms with Gasteiger partial charge in [-0.2, -0.15) is 0 Å². The molecule has 0 amide bonds. The van der Waals surface area contributed by atoms with E-state index in [1.807, 2.05) is 0 Å². The normalized spacial score (nSPS) is 9.81. The summed E-state index contributed by atoms with van der Waals surface area (Å²) in [6, 6.07) is 7.29. The Hall–Kier alpha value is -2.70. The monoisotopic (exact) mass is 289 g/mol. The number of rotatable bonds is 6. The van der Waals surface area contributed by atoms with Crippen LogP contribution < -0.4 is 9.31 Å². The summed E-state index contributed by atoms with van der Waals surface area (Å²) in [4.78, 5) is 20.9. The van der Waals surface area contributed by atoms with E-state index in [1.165, 1.54) is 24.3 Å². The lowest BCUT2D eigenvalue weighted by molar-refractivity contribution is 0.111. The number of halogens is 2. The molecule has 2 aromatic rings. The first kappa shape index (κ1) is 14.7. The minimum absolute atomic E-state index is 0.0882. The summed E-state index contributed by atoms with van der Waals surface area (Å²) in [6.45, 7) is 0. The van der Waals surface area contributed by atoms with Gasteiger partial charge in [0.05, 0.1) is 11.1 Å². The van der Waals surface area contributed by atoms with Gasteiger partial charge in [0.25, 0.3) is 0 Å². The molecule has 2 aromatic carbocycles. The van der Waals surface area contributed by atoms with Crippen molar-refractivity contribution in [1.82, 2.24) is 0 Å². The van der Waals surface area contributed by atoms with Gasteiger partial charge in [0.1, 0.15) is 23.1 Å². The topological polar surface area (TPSA) is 52.6 Å². The molecule has 105 valence electrons. The lowest BCUT2D eigenvalue weighted by Crippen LogP contribution is -2.11. The Bertz CT molecular complexity index is 619. The molecule has 0 N–H and O–H groups in total. The van der Waals surface area contributed by atoms with Gasteiger partial charge in [-0.25, -0.2) is 8.78 Å². The molecule has 0 unspecified atom stereocenters. The Kier molecular flexibility index (Phi) is 4.66. The van der Waals surface area contributed by atoms with Crippen molar-refractivity contribution in [3.05, 3.63) is 59.2 Å². The Morgan fingerprint density at radius 2 is 1.24 bits per heavy atom. The smallest absolute Gasteiger partial charge is 0.526 e. The number of hydrogen-bond donors (Lipinski definition) is 0. The van der Waals surface area contributed by atoms with E-state index < -0.39 is 11.6 Å². The molecule has 0 aromatic heterocycles. The first-order chi connectivity index (χ1) is 10.1. The SMILES string of the molecule is O=Cc1ccc(O[B]Oc2ccc(C=O)c(F)c2)cc1F. The van der Waals surface area contributed by atoms with Crippen molar-refractivity contribution in [3.8, 4) is 11.5 Å². The quantitative estimate of drug-likeness (QED) is 0.606. The lowest BCUT2D eigenvalue weighted by atomic mass is 10.2. The Balaban J connectivity index is 1.95. The fourth-order valence-corrected chi connectivity index (χ4v) is 1.49. The fraction of sp³-hybridized carbons (Fsp3) is 0. The third-order valence-corrected chi connectivity index (χ3v) is 2.57. The largest absolute Gasteiger partial charge is 0.658 e. The Morgan fingerprint density at radius 3 is 1.57 bits per heavy atom. The standard InChI is InChI=1S/C14H8BF2O4/c16-13-5-11(3-1-9(13)7-18)20-15-21-12-4-2-10(8-19)14(17)6-12/h1-8H. The average molecular weight is 289 g/mol. The zero-order chi connectivity index (χ0) is 15.2. The highest BCUT2D eigenvalue weighted by atomic mass is 19.1. The van der Waals surface area contributed by atoms with E-state index in [2.05, 4.69) is 0 Å². The molecule has 4 nitrogen and oxygen atoms in total. The van der Waals surface area contributed by atoms with E-state index in [0.29, 0.717) is 12.6 Å². The first-order valence-electron chi connectivity index (χ1n) is 5.78. The van der Waals surface area contributed by atoms with Gasteiger partial charge in [0.2, 0.25) is 0 Å². The van der Waals surface area contributed by atoms with Crippen molar-refractivity contribution in [2.45, 2.75) is 0 Å². The van der Waals surface area contributed by atoms with E-state index in [1.54, 1.807) is 0 Å². The van der Waals surface area contributed by atoms with E-state index in [9.17, 15) is 18.4 Å². The van der Waals surface area contributed by atoms with Gasteiger partial charge < -0.3 is 9.31 Å². The summed E-state index contributed by atoms with van der Waals surface area (Å²) in [6.07, 6.45) is 0.771. The number of carbonyl (C=O) groups excluding carboxylic acids is 2. The van der Waals surface area contributed by atoms with Gasteiger partial charge in [0.15, 0.2) is 12.6 Å². The summed E-state index contributed by atoms with van der Waals surface area (Å²) in [5, 5.41) is 0. The molecule has 7 heteroatoms. The van der Waals surface area contributed by atoms with Crippen molar-refractivity contribution < 1.29 is 27.7 Å². The van der Waals surface area contributed by atoms with Crippen molar-refractivity contribution >= 4 is 20.3 Å². The van der Waals surface area contributed by atoms with Crippen LogP contribution in [0.5, 0.6) is 11.5 Å². The number of carbonyl (C=O) groups is 2. The van der Waals surface area contributed by atoms with Crippen LogP contribution in [0.3, 0.4) is 0 Å². The molecule has 0 atom stereocenters. The van der Waals surface area contributed by atoms with Crippen LogP contribution in [0.25, 0.3) is 0 Å². The third-order valence-electron chi connectivity index (χ3n) is 2.57. The molecule has 0 heterocycles. The summed E-state index contributed by atoms with van der Waals surface area (Å²) >= 11 is 0. The summed E-state index contributed by atoms with van der Waals surface area (Å²) in [5.41, 5.74) is -0.176. The maximum Gasteiger partial charge on any atom is 0.658 e. The average Bonchev–Trinajstić information content (AvgIpc) is 2.48. The summed E-state index contributed by atoms with van der Waals surface area (Å²) in [7, 11) is 0.880. The van der Waals surface area contributed by atoms with Gasteiger partial charge in [-0.1, -0.05) is 0 Å². The van der Waals surface area contributed by atoms with Gasteiger partial charge in [-0.05, 0) is 24.3 Å². The summed E-state index contributed by atoms with van der Waals surface area (Å²) < 4.78 is 36.6. The lowest BCUT2D eigenvalue weighted by Gasteiger charge is -2.07. The van der Waals surface area contributed by atoms with Crippen LogP contribution in [0, 0.1) is 11.6 Å². The number of benzene rings is 2. The van der Waals surface area contributed by atoms with Crippen molar-refractivity contribution in [1.29, 1.82) is 0 Å². The second-order valence-electron chi connectivity index (χ2n) is 3.93. The molecule has 0 fully saturated rings. The van der Waals surface area contributed by atoms with Gasteiger partial charge in [-0.15, -0.1) is 0 Å². The molecule has 0 spiro atoms. The zero-order valence-corrected chi connectivity index (χ0v) is 10.6. The maximum atomic E-state index is 13.3. The second-order valence-corrected chi connectivity index (χ2v) is 3.93. The highest BCUT2D eigenvalue weighted by Gasteiger charge is 2.08. The van der Waals surface area contributed by atoms with Crippen molar-refractivity contribution in [3.63, 3.8) is 0 Å². The van der Waals surface area contributed by atoms with Gasteiger partial charge in [-0.3, -0.25) is 9.59 Å². The predicted molar refractivity (Wildman–Crippen MR) is 70.6 cm³/mol. The second kappa shape index (κ2) is 6.65. The van der Waals surface area contributed by atoms with Crippen LogP contribution in [0.4, 0.5) is 8.78 Å². The van der Waals surface area contributed by atoms with Crippen LogP contribution in [0.15, 0.2) is 36.4 Å². The zero-order valence-electron chi connectivity index (χ0n) is 10.6. The van der Waals surface area contributed by atoms with Gasteiger partial charge >= 0.3 is 7.69 Å². The van der Waals surface area contributed by atoms with E-state index in [-0.39, 0.29) is 22.6 Å². The molecule has 0 saturated carbocycles. The third kappa shape index (κ3) is 3.65.